The van der Waals surface area contributed by atoms with Crippen molar-refractivity contribution >= 4 is 19.1 Å². The molecule has 0 aliphatic rings. The number of methoxy groups -OCH3 is 1. The van der Waals surface area contributed by atoms with Gasteiger partial charge >= 0.3 is 0 Å². The van der Waals surface area contributed by atoms with Gasteiger partial charge in [-0.15, -0.1) is 12.8 Å². The Bertz CT molecular complexity index is 86.3. The molecule has 0 amide bonds. The van der Waals surface area contributed by atoms with Crippen molar-refractivity contribution < 1.29 is 9.53 Å². The average Bonchev–Trinajstić information content (AvgIpc) is 2.28. The van der Waals surface area contributed by atoms with E-state index in [4.69, 9.17) is 0 Å². The van der Waals surface area contributed by atoms with E-state index in [1.807, 2.05) is 6.92 Å². The van der Waals surface area contributed by atoms with E-state index in [0.29, 0.717) is 0 Å². The minimum atomic E-state index is 0.733. The van der Waals surface area contributed by atoms with Gasteiger partial charge in [0.15, 0.2) is 0 Å². The van der Waals surface area contributed by atoms with Gasteiger partial charge in [-0.05, 0) is 19.3 Å². The molecular formula is C12H31NO2S. The van der Waals surface area contributed by atoms with Crippen molar-refractivity contribution in [3.8, 4) is 0 Å². The molecule has 0 aromatic rings. The zero-order valence-electron chi connectivity index (χ0n) is 11.8. The molecule has 0 aromatic carbocycles. The van der Waals surface area contributed by atoms with Gasteiger partial charge in [-0.1, -0.05) is 34.1 Å². The third kappa shape index (κ3) is 150. The zero-order valence-corrected chi connectivity index (χ0v) is 12.7. The van der Waals surface area contributed by atoms with Crippen LogP contribution in [-0.2, 0) is 9.53 Å². The summed E-state index contributed by atoms with van der Waals surface area (Å²) in [5, 5.41) is 4.19. The van der Waals surface area contributed by atoms with Crippen LogP contribution in [0, 0.1) is 5.92 Å². The summed E-state index contributed by atoms with van der Waals surface area (Å²) in [6.45, 7) is 11.4. The number of unbranched alkanes of at least 4 members (excludes halogenated alkanes) is 2. The van der Waals surface area contributed by atoms with Gasteiger partial charge in [0.1, 0.15) is 6.29 Å². The van der Waals surface area contributed by atoms with E-state index >= 15 is 0 Å². The second-order valence-corrected chi connectivity index (χ2v) is 3.62. The molecule has 0 unspecified atom stereocenters. The van der Waals surface area contributed by atoms with Crippen molar-refractivity contribution in [1.82, 2.24) is 0 Å². The van der Waals surface area contributed by atoms with Crippen LogP contribution in [-0.4, -0.2) is 20.0 Å². The third-order valence-electron chi connectivity index (χ3n) is 0.964. The summed E-state index contributed by atoms with van der Waals surface area (Å²) in [6, 6.07) is 0. The number of hydrogen-bond donors (Lipinski definition) is 2. The van der Waals surface area contributed by atoms with E-state index in [9.17, 15) is 4.79 Å². The van der Waals surface area contributed by atoms with Crippen LogP contribution >= 0.6 is 12.8 Å². The quantitative estimate of drug-likeness (QED) is 0.458. The Morgan fingerprint density at radius 1 is 1.25 bits per heavy atom. The van der Waals surface area contributed by atoms with Crippen molar-refractivity contribution in [3.05, 3.63) is 0 Å². The summed E-state index contributed by atoms with van der Waals surface area (Å²) in [4.78, 5) is 9.56. The van der Waals surface area contributed by atoms with Gasteiger partial charge in [0.25, 0.3) is 0 Å². The Morgan fingerprint density at radius 3 is 1.62 bits per heavy atom. The molecule has 0 aliphatic heterocycles. The zero-order chi connectivity index (χ0) is 13.8. The summed E-state index contributed by atoms with van der Waals surface area (Å²) >= 11 is 3.03. The minimum Gasteiger partial charge on any atom is -0.385 e. The standard InChI is InChI=1S/C5H10O.C4H10.C3H8O.H3NS/c1-2-3-4-5-6;1-4(2)3;1-3-4-2;1-2/h5H,2-4H2,1H3;4H,1-3H3;3H2,1-2H3;2H,1H2. The second-order valence-electron chi connectivity index (χ2n) is 3.62. The molecule has 0 spiro atoms. The highest BCUT2D eigenvalue weighted by Crippen LogP contribution is 1.87. The molecule has 0 heterocycles. The molecular weight excluding hydrogens is 222 g/mol. The molecule has 0 saturated carbocycles. The van der Waals surface area contributed by atoms with Gasteiger partial charge in [-0.2, -0.15) is 0 Å². The van der Waals surface area contributed by atoms with Crippen LogP contribution in [0.3, 0.4) is 0 Å². The Balaban J connectivity index is -0.0000000643. The predicted octanol–water partition coefficient (Wildman–Crippen LogP) is 3.48. The lowest BCUT2D eigenvalue weighted by Gasteiger charge is -1.79. The summed E-state index contributed by atoms with van der Waals surface area (Å²) < 4.78 is 4.54. The lowest BCUT2D eigenvalue weighted by atomic mass is 10.3. The summed E-state index contributed by atoms with van der Waals surface area (Å²) in [5.41, 5.74) is 0. The molecule has 0 fully saturated rings. The highest BCUT2D eigenvalue weighted by atomic mass is 32.1. The topological polar surface area (TPSA) is 52.3 Å². The van der Waals surface area contributed by atoms with E-state index in [2.05, 4.69) is 50.4 Å². The van der Waals surface area contributed by atoms with Gasteiger partial charge in [-0.3, -0.25) is 5.14 Å². The van der Waals surface area contributed by atoms with Gasteiger partial charge in [-0.25, -0.2) is 0 Å². The maximum Gasteiger partial charge on any atom is 0.119 e. The Labute approximate surface area is 108 Å². The number of aldehydes is 1. The smallest absolute Gasteiger partial charge is 0.119 e. The van der Waals surface area contributed by atoms with Crippen LogP contribution < -0.4 is 5.14 Å². The third-order valence-corrected chi connectivity index (χ3v) is 0.964. The van der Waals surface area contributed by atoms with Crippen molar-refractivity contribution in [2.45, 2.75) is 53.9 Å². The predicted molar refractivity (Wildman–Crippen MR) is 76.8 cm³/mol. The van der Waals surface area contributed by atoms with Crippen LogP contribution in [0.25, 0.3) is 0 Å². The van der Waals surface area contributed by atoms with E-state index in [1.54, 1.807) is 7.11 Å². The highest BCUT2D eigenvalue weighted by Gasteiger charge is 1.75. The number of ether oxygens (including phenoxy) is 1. The van der Waals surface area contributed by atoms with Crippen LogP contribution in [0.2, 0.25) is 0 Å². The lowest BCUT2D eigenvalue weighted by molar-refractivity contribution is -0.107. The van der Waals surface area contributed by atoms with Crippen molar-refractivity contribution in [2.24, 2.45) is 11.1 Å². The second kappa shape index (κ2) is 36.3. The molecule has 4 heteroatoms. The number of carbonyl (C=O) groups is 1. The minimum absolute atomic E-state index is 0.733. The fourth-order valence-electron chi connectivity index (χ4n) is 0.287. The Morgan fingerprint density at radius 2 is 1.56 bits per heavy atom. The largest absolute Gasteiger partial charge is 0.385 e. The fourth-order valence-corrected chi connectivity index (χ4v) is 0.287. The Kier molecular flexibility index (Phi) is 56.7. The molecule has 0 atom stereocenters. The molecule has 3 nitrogen and oxygen atoms in total. The monoisotopic (exact) mass is 253 g/mol. The van der Waals surface area contributed by atoms with E-state index in [0.717, 1.165) is 38.1 Å². The molecule has 0 radical (unpaired) electrons. The number of nitrogens with two attached hydrogens (primary N) is 1. The molecule has 0 aromatic heterocycles. The highest BCUT2D eigenvalue weighted by molar-refractivity contribution is 7.77. The first-order valence-corrected chi connectivity index (χ1v) is 6.26. The van der Waals surface area contributed by atoms with E-state index < -0.39 is 0 Å². The first kappa shape index (κ1) is 25.0. The van der Waals surface area contributed by atoms with Crippen LogP contribution in [0.4, 0.5) is 0 Å². The van der Waals surface area contributed by atoms with E-state index in [-0.39, 0.29) is 0 Å². The molecule has 0 bridgehead atoms. The normalized spacial score (nSPS) is 7.56. The van der Waals surface area contributed by atoms with E-state index in [1.165, 1.54) is 0 Å². The molecule has 0 saturated heterocycles. The van der Waals surface area contributed by atoms with Crippen molar-refractivity contribution in [3.63, 3.8) is 0 Å². The van der Waals surface area contributed by atoms with Crippen LogP contribution in [0.5, 0.6) is 0 Å². The maximum atomic E-state index is 9.56. The summed E-state index contributed by atoms with van der Waals surface area (Å²) in [7, 11) is 1.68. The molecule has 16 heavy (non-hydrogen) atoms. The first-order valence-electron chi connectivity index (χ1n) is 5.75. The van der Waals surface area contributed by atoms with Gasteiger partial charge in [0.05, 0.1) is 0 Å². The summed E-state index contributed by atoms with van der Waals surface area (Å²) in [5.74, 6) is 0.833. The van der Waals surface area contributed by atoms with Gasteiger partial charge < -0.3 is 9.53 Å². The molecule has 102 valence electrons. The molecule has 2 N–H and O–H groups in total. The van der Waals surface area contributed by atoms with Crippen LogP contribution in [0.15, 0.2) is 0 Å². The van der Waals surface area contributed by atoms with Gasteiger partial charge in [0.2, 0.25) is 0 Å². The van der Waals surface area contributed by atoms with Gasteiger partial charge in [0, 0.05) is 20.1 Å². The van der Waals surface area contributed by atoms with Crippen molar-refractivity contribution in [1.29, 1.82) is 0 Å². The summed E-state index contributed by atoms with van der Waals surface area (Å²) in [6.07, 6.45) is 3.86. The SMILES string of the molecule is CC(C)C.CCCCC=O.CCOC.NS. The number of hydrogen-bond acceptors (Lipinski definition) is 4. The number of carbonyl (C=O) groups excluding carboxylic acids is 1. The lowest BCUT2D eigenvalue weighted by Crippen LogP contribution is -1.73. The maximum absolute atomic E-state index is 9.56. The van der Waals surface area contributed by atoms with Crippen molar-refractivity contribution in [2.75, 3.05) is 13.7 Å². The number of thiol groups is 1. The van der Waals surface area contributed by atoms with Crippen LogP contribution in [0.1, 0.15) is 53.9 Å². The first-order chi connectivity index (χ1) is 7.56. The fraction of sp³-hybridized carbons (Fsp3) is 0.917. The Hall–Kier alpha value is -0.0600. The molecule has 0 rings (SSSR count). The molecule has 0 aliphatic carbocycles. The number of rotatable bonds is 4. The average molecular weight is 253 g/mol.